The quantitative estimate of drug-likeness (QED) is 0.903. The summed E-state index contributed by atoms with van der Waals surface area (Å²) in [5, 5.41) is 12.5. The monoisotopic (exact) mass is 266 g/mol. The van der Waals surface area contributed by atoms with Crippen molar-refractivity contribution in [3.05, 3.63) is 59.9 Å². The van der Waals surface area contributed by atoms with Gasteiger partial charge in [0.1, 0.15) is 6.04 Å². The Kier molecular flexibility index (Phi) is 4.70. The van der Waals surface area contributed by atoms with E-state index in [0.717, 1.165) is 16.8 Å². The van der Waals surface area contributed by atoms with Gasteiger partial charge in [-0.3, -0.25) is 10.3 Å². The fourth-order valence-corrected chi connectivity index (χ4v) is 1.93. The summed E-state index contributed by atoms with van der Waals surface area (Å²) in [4.78, 5) is 6.10. The van der Waals surface area contributed by atoms with Crippen LogP contribution in [0.4, 0.5) is 5.69 Å². The van der Waals surface area contributed by atoms with Gasteiger partial charge in [-0.1, -0.05) is 18.2 Å². The summed E-state index contributed by atoms with van der Waals surface area (Å²) < 4.78 is 0. The van der Waals surface area contributed by atoms with Gasteiger partial charge in [0.2, 0.25) is 0 Å². The molecule has 20 heavy (non-hydrogen) atoms. The van der Waals surface area contributed by atoms with E-state index >= 15 is 0 Å². The molecule has 0 aliphatic heterocycles. The van der Waals surface area contributed by atoms with Crippen molar-refractivity contribution >= 4 is 5.69 Å². The number of nitrogens with zero attached hydrogens (tertiary/aromatic N) is 3. The van der Waals surface area contributed by atoms with Gasteiger partial charge in [-0.15, -0.1) is 0 Å². The van der Waals surface area contributed by atoms with Crippen molar-refractivity contribution in [1.29, 1.82) is 5.26 Å². The minimum absolute atomic E-state index is 0.314. The lowest BCUT2D eigenvalue weighted by Crippen LogP contribution is -2.19. The number of rotatable bonds is 5. The molecule has 0 radical (unpaired) electrons. The molecule has 0 fully saturated rings. The average Bonchev–Trinajstić information content (AvgIpc) is 2.49. The van der Waals surface area contributed by atoms with Crippen LogP contribution in [0.2, 0.25) is 0 Å². The second kappa shape index (κ2) is 6.69. The molecule has 102 valence electrons. The van der Waals surface area contributed by atoms with Gasteiger partial charge in [0.15, 0.2) is 0 Å². The highest BCUT2D eigenvalue weighted by molar-refractivity contribution is 5.47. The molecule has 0 saturated carbocycles. The lowest BCUT2D eigenvalue weighted by atomic mass is 10.1. The van der Waals surface area contributed by atoms with Gasteiger partial charge in [0.05, 0.1) is 6.07 Å². The Balaban J connectivity index is 2.03. The van der Waals surface area contributed by atoms with Gasteiger partial charge in [-0.2, -0.15) is 5.26 Å². The van der Waals surface area contributed by atoms with Crippen molar-refractivity contribution in [2.45, 2.75) is 12.6 Å². The molecule has 0 aliphatic rings. The zero-order chi connectivity index (χ0) is 14.4. The standard InChI is InChI=1S/C16H18N4/c1-20(2)15-7-5-14(6-8-15)16(10-17)19-12-13-4-3-9-18-11-13/h3-9,11,16,19H,12H2,1-2H3. The van der Waals surface area contributed by atoms with Crippen LogP contribution in [0.5, 0.6) is 0 Å². The first kappa shape index (κ1) is 14.0. The third kappa shape index (κ3) is 3.56. The smallest absolute Gasteiger partial charge is 0.121 e. The Morgan fingerprint density at radius 3 is 2.55 bits per heavy atom. The topological polar surface area (TPSA) is 52.0 Å². The van der Waals surface area contributed by atoms with E-state index in [0.29, 0.717) is 6.54 Å². The molecule has 4 heteroatoms. The van der Waals surface area contributed by atoms with Crippen molar-refractivity contribution in [2.24, 2.45) is 0 Å². The van der Waals surface area contributed by atoms with Crippen LogP contribution < -0.4 is 10.2 Å². The predicted octanol–water partition coefficient (Wildman–Crippen LogP) is 2.50. The first-order valence-electron chi connectivity index (χ1n) is 6.50. The van der Waals surface area contributed by atoms with Crippen LogP contribution in [0, 0.1) is 11.3 Å². The first-order chi connectivity index (χ1) is 9.70. The van der Waals surface area contributed by atoms with Crippen LogP contribution in [0.15, 0.2) is 48.8 Å². The number of hydrogen-bond donors (Lipinski definition) is 1. The molecule has 2 rings (SSSR count). The molecule has 1 unspecified atom stereocenters. The van der Waals surface area contributed by atoms with E-state index in [-0.39, 0.29) is 6.04 Å². The van der Waals surface area contributed by atoms with Crippen molar-refractivity contribution in [3.63, 3.8) is 0 Å². The van der Waals surface area contributed by atoms with Gasteiger partial charge in [0, 0.05) is 38.7 Å². The molecule has 1 aromatic heterocycles. The molecule has 0 aliphatic carbocycles. The summed E-state index contributed by atoms with van der Waals surface area (Å²) in [5.74, 6) is 0. The molecule has 1 aromatic carbocycles. The summed E-state index contributed by atoms with van der Waals surface area (Å²) in [6.07, 6.45) is 3.54. The number of aromatic nitrogens is 1. The van der Waals surface area contributed by atoms with Crippen molar-refractivity contribution < 1.29 is 0 Å². The second-order valence-electron chi connectivity index (χ2n) is 4.79. The number of nitrogens with one attached hydrogen (secondary N) is 1. The van der Waals surface area contributed by atoms with Gasteiger partial charge in [-0.05, 0) is 29.3 Å². The highest BCUT2D eigenvalue weighted by atomic mass is 15.1. The highest BCUT2D eigenvalue weighted by Crippen LogP contribution is 2.18. The van der Waals surface area contributed by atoms with E-state index in [1.165, 1.54) is 0 Å². The van der Waals surface area contributed by atoms with Crippen LogP contribution in [-0.4, -0.2) is 19.1 Å². The Morgan fingerprint density at radius 1 is 1.25 bits per heavy atom. The molecule has 0 saturated heterocycles. The second-order valence-corrected chi connectivity index (χ2v) is 4.79. The molecule has 1 N–H and O–H groups in total. The molecule has 0 bridgehead atoms. The van der Waals surface area contributed by atoms with E-state index in [2.05, 4.69) is 16.4 Å². The lowest BCUT2D eigenvalue weighted by molar-refractivity contribution is 0.629. The first-order valence-corrected chi connectivity index (χ1v) is 6.50. The molecule has 0 amide bonds. The normalized spacial score (nSPS) is 11.7. The van der Waals surface area contributed by atoms with Crippen LogP contribution >= 0.6 is 0 Å². The highest BCUT2D eigenvalue weighted by Gasteiger charge is 2.09. The zero-order valence-corrected chi connectivity index (χ0v) is 11.7. The van der Waals surface area contributed by atoms with Crippen molar-refractivity contribution in [2.75, 3.05) is 19.0 Å². The SMILES string of the molecule is CN(C)c1ccc(C(C#N)NCc2cccnc2)cc1. The largest absolute Gasteiger partial charge is 0.378 e. The van der Waals surface area contributed by atoms with E-state index in [1.807, 2.05) is 55.4 Å². The molecule has 1 atom stereocenters. The van der Waals surface area contributed by atoms with E-state index < -0.39 is 0 Å². The van der Waals surface area contributed by atoms with Gasteiger partial charge < -0.3 is 4.90 Å². The molecule has 4 nitrogen and oxygen atoms in total. The maximum Gasteiger partial charge on any atom is 0.121 e. The number of anilines is 1. The van der Waals surface area contributed by atoms with Crippen LogP contribution in [0.25, 0.3) is 0 Å². The predicted molar refractivity (Wildman–Crippen MR) is 80.2 cm³/mol. The van der Waals surface area contributed by atoms with Gasteiger partial charge >= 0.3 is 0 Å². The Morgan fingerprint density at radius 2 is 2.00 bits per heavy atom. The van der Waals surface area contributed by atoms with E-state index in [4.69, 9.17) is 0 Å². The minimum atomic E-state index is -0.314. The molecular formula is C16H18N4. The van der Waals surface area contributed by atoms with Crippen LogP contribution in [0.3, 0.4) is 0 Å². The summed E-state index contributed by atoms with van der Waals surface area (Å²) >= 11 is 0. The minimum Gasteiger partial charge on any atom is -0.378 e. The number of pyridine rings is 1. The number of nitriles is 1. The molecule has 1 heterocycles. The number of hydrogen-bond acceptors (Lipinski definition) is 4. The maximum absolute atomic E-state index is 9.30. The molecule has 0 spiro atoms. The fraction of sp³-hybridized carbons (Fsp3) is 0.250. The summed E-state index contributed by atoms with van der Waals surface area (Å²) in [6, 6.07) is 13.9. The van der Waals surface area contributed by atoms with Gasteiger partial charge in [-0.25, -0.2) is 0 Å². The lowest BCUT2D eigenvalue weighted by Gasteiger charge is -2.15. The van der Waals surface area contributed by atoms with Crippen molar-refractivity contribution in [1.82, 2.24) is 10.3 Å². The third-order valence-electron chi connectivity index (χ3n) is 3.11. The number of benzene rings is 1. The van der Waals surface area contributed by atoms with Crippen molar-refractivity contribution in [3.8, 4) is 6.07 Å². The summed E-state index contributed by atoms with van der Waals surface area (Å²) in [5.41, 5.74) is 3.16. The fourth-order valence-electron chi connectivity index (χ4n) is 1.93. The zero-order valence-electron chi connectivity index (χ0n) is 11.7. The van der Waals surface area contributed by atoms with E-state index in [9.17, 15) is 5.26 Å². The molecule has 2 aromatic rings. The summed E-state index contributed by atoms with van der Waals surface area (Å²) in [6.45, 7) is 0.626. The van der Waals surface area contributed by atoms with E-state index in [1.54, 1.807) is 12.4 Å². The maximum atomic E-state index is 9.30. The Bertz CT molecular complexity index is 570. The van der Waals surface area contributed by atoms with Crippen LogP contribution in [-0.2, 0) is 6.54 Å². The van der Waals surface area contributed by atoms with Crippen LogP contribution in [0.1, 0.15) is 17.2 Å². The van der Waals surface area contributed by atoms with Gasteiger partial charge in [0.25, 0.3) is 0 Å². The molecular weight excluding hydrogens is 248 g/mol. The summed E-state index contributed by atoms with van der Waals surface area (Å²) in [7, 11) is 3.99. The third-order valence-corrected chi connectivity index (χ3v) is 3.11. The average molecular weight is 266 g/mol. The Labute approximate surface area is 119 Å². The Hall–Kier alpha value is -2.38.